The van der Waals surface area contributed by atoms with Crippen LogP contribution in [-0.4, -0.2) is 69.7 Å². The SMILES string of the molecule is NC(=O)c1nc(CNc2ccc(C(=O)NCCCC(=O)NCC(=O)N[C@@H](CCC(=O)O)C(N)=O)cc2)cnc1N. The Balaban J connectivity index is 1.68. The van der Waals surface area contributed by atoms with Crippen LogP contribution in [0.1, 0.15) is 52.2 Å². The van der Waals surface area contributed by atoms with Crippen LogP contribution in [0.25, 0.3) is 0 Å². The third kappa shape index (κ3) is 10.6. The van der Waals surface area contributed by atoms with Crippen molar-refractivity contribution in [3.8, 4) is 0 Å². The summed E-state index contributed by atoms with van der Waals surface area (Å²) in [5, 5.41) is 19.1. The van der Waals surface area contributed by atoms with Gasteiger partial charge in [-0.15, -0.1) is 0 Å². The first-order valence-corrected chi connectivity index (χ1v) is 12.1. The Kier molecular flexibility index (Phi) is 11.8. The van der Waals surface area contributed by atoms with Gasteiger partial charge in [0.2, 0.25) is 17.7 Å². The molecule has 214 valence electrons. The molecule has 16 nitrogen and oxygen atoms in total. The average Bonchev–Trinajstić information content (AvgIpc) is 2.91. The molecule has 0 spiro atoms. The number of carbonyl (C=O) groups is 6. The molecule has 2 rings (SSSR count). The molecule has 0 aliphatic rings. The molecule has 1 atom stereocenters. The molecule has 0 aliphatic heterocycles. The van der Waals surface area contributed by atoms with Crippen LogP contribution in [0.2, 0.25) is 0 Å². The predicted octanol–water partition coefficient (Wildman–Crippen LogP) is -1.77. The number of nitrogens with zero attached hydrogens (tertiary/aromatic N) is 2. The Bertz CT molecular complexity index is 1250. The van der Waals surface area contributed by atoms with Gasteiger partial charge in [0.15, 0.2) is 11.5 Å². The lowest BCUT2D eigenvalue weighted by Crippen LogP contribution is -2.48. The number of rotatable bonds is 16. The van der Waals surface area contributed by atoms with Crippen LogP contribution < -0.4 is 38.5 Å². The largest absolute Gasteiger partial charge is 0.481 e. The lowest BCUT2D eigenvalue weighted by atomic mass is 10.1. The van der Waals surface area contributed by atoms with Gasteiger partial charge in [0.25, 0.3) is 11.8 Å². The number of anilines is 2. The molecule has 0 fully saturated rings. The van der Waals surface area contributed by atoms with Crippen molar-refractivity contribution in [2.75, 3.05) is 24.1 Å². The van der Waals surface area contributed by atoms with E-state index in [1.165, 1.54) is 6.20 Å². The van der Waals surface area contributed by atoms with E-state index in [0.29, 0.717) is 23.4 Å². The van der Waals surface area contributed by atoms with Gasteiger partial charge in [-0.1, -0.05) is 0 Å². The summed E-state index contributed by atoms with van der Waals surface area (Å²) in [4.78, 5) is 77.4. The van der Waals surface area contributed by atoms with E-state index in [4.69, 9.17) is 22.3 Å². The Morgan fingerprint density at radius 3 is 2.27 bits per heavy atom. The predicted molar refractivity (Wildman–Crippen MR) is 141 cm³/mol. The lowest BCUT2D eigenvalue weighted by molar-refractivity contribution is -0.137. The van der Waals surface area contributed by atoms with Gasteiger partial charge in [-0.2, -0.15) is 0 Å². The van der Waals surface area contributed by atoms with Gasteiger partial charge in [-0.25, -0.2) is 9.97 Å². The number of primary amides is 2. The first-order valence-electron chi connectivity index (χ1n) is 12.1. The highest BCUT2D eigenvalue weighted by Crippen LogP contribution is 2.12. The highest BCUT2D eigenvalue weighted by atomic mass is 16.4. The zero-order valence-corrected chi connectivity index (χ0v) is 21.4. The first kappa shape index (κ1) is 30.9. The second-order valence-electron chi connectivity index (χ2n) is 8.48. The Morgan fingerprint density at radius 1 is 0.950 bits per heavy atom. The van der Waals surface area contributed by atoms with E-state index in [0.717, 1.165) is 0 Å². The van der Waals surface area contributed by atoms with E-state index in [1.54, 1.807) is 24.3 Å². The molecule has 1 aromatic heterocycles. The maximum Gasteiger partial charge on any atom is 0.303 e. The number of carboxylic acids is 1. The monoisotopic (exact) mass is 557 g/mol. The topological polar surface area (TPSA) is 275 Å². The molecule has 16 heteroatoms. The van der Waals surface area contributed by atoms with Crippen LogP contribution in [0.3, 0.4) is 0 Å². The van der Waals surface area contributed by atoms with E-state index in [2.05, 4.69) is 31.2 Å². The molecule has 40 heavy (non-hydrogen) atoms. The number of aromatic nitrogens is 2. The van der Waals surface area contributed by atoms with E-state index in [-0.39, 0.29) is 49.8 Å². The van der Waals surface area contributed by atoms with Crippen LogP contribution in [-0.2, 0) is 25.7 Å². The standard InChI is InChI=1S/C24H31N9O7/c25-21-20(23(27)39)32-15(11-31-21)10-29-14-5-3-13(4-6-14)24(40)28-9-1-2-17(34)30-12-18(35)33-16(22(26)38)7-8-19(36)37/h3-6,11,16,29H,1-2,7-10,12H2,(H2,25,31)(H2,26,38)(H2,27,39)(H,28,40)(H,30,34)(H,33,35)(H,36,37)/t16-/m0/s1. The molecule has 11 N–H and O–H groups in total. The minimum Gasteiger partial charge on any atom is -0.481 e. The van der Waals surface area contributed by atoms with Crippen molar-refractivity contribution in [3.63, 3.8) is 0 Å². The summed E-state index contributed by atoms with van der Waals surface area (Å²) in [7, 11) is 0. The lowest BCUT2D eigenvalue weighted by Gasteiger charge is -2.14. The van der Waals surface area contributed by atoms with Gasteiger partial charge in [0.1, 0.15) is 6.04 Å². The summed E-state index contributed by atoms with van der Waals surface area (Å²) in [6.07, 6.45) is 1.22. The summed E-state index contributed by atoms with van der Waals surface area (Å²) < 4.78 is 0. The number of nitrogens with two attached hydrogens (primary N) is 3. The first-order chi connectivity index (χ1) is 19.0. The van der Waals surface area contributed by atoms with Crippen molar-refractivity contribution in [1.29, 1.82) is 0 Å². The van der Waals surface area contributed by atoms with Crippen LogP contribution in [0.15, 0.2) is 30.5 Å². The second-order valence-corrected chi connectivity index (χ2v) is 8.48. The molecular weight excluding hydrogens is 526 g/mol. The van der Waals surface area contributed by atoms with Gasteiger partial charge in [0.05, 0.1) is 25.0 Å². The van der Waals surface area contributed by atoms with Gasteiger partial charge < -0.3 is 43.6 Å². The zero-order chi connectivity index (χ0) is 29.7. The van der Waals surface area contributed by atoms with Crippen LogP contribution in [0.5, 0.6) is 0 Å². The fourth-order valence-corrected chi connectivity index (χ4v) is 3.25. The Labute approximate surface area is 228 Å². The number of nitrogens with one attached hydrogen (secondary N) is 4. The number of carbonyl (C=O) groups excluding carboxylic acids is 5. The molecule has 5 amide bonds. The molecule has 0 unspecified atom stereocenters. The van der Waals surface area contributed by atoms with Crippen molar-refractivity contribution in [2.24, 2.45) is 11.5 Å². The normalized spacial score (nSPS) is 11.1. The highest BCUT2D eigenvalue weighted by molar-refractivity contribution is 5.95. The minimum absolute atomic E-state index is 0.0280. The summed E-state index contributed by atoms with van der Waals surface area (Å²) in [6.45, 7) is 0.0221. The molecule has 0 saturated carbocycles. The number of carboxylic acid groups (broad SMARTS) is 1. The van der Waals surface area contributed by atoms with Gasteiger partial charge in [0, 0.05) is 30.6 Å². The zero-order valence-electron chi connectivity index (χ0n) is 21.4. The molecule has 0 radical (unpaired) electrons. The minimum atomic E-state index is -1.16. The number of hydrogen-bond donors (Lipinski definition) is 8. The smallest absolute Gasteiger partial charge is 0.303 e. The van der Waals surface area contributed by atoms with Crippen molar-refractivity contribution in [3.05, 3.63) is 47.4 Å². The van der Waals surface area contributed by atoms with Crippen molar-refractivity contribution >= 4 is 47.0 Å². The third-order valence-electron chi connectivity index (χ3n) is 5.34. The third-order valence-corrected chi connectivity index (χ3v) is 5.34. The van der Waals surface area contributed by atoms with Crippen molar-refractivity contribution in [2.45, 2.75) is 38.3 Å². The Morgan fingerprint density at radius 2 is 1.65 bits per heavy atom. The number of benzene rings is 1. The molecule has 1 aromatic carbocycles. The van der Waals surface area contributed by atoms with Crippen LogP contribution >= 0.6 is 0 Å². The number of amides is 5. The summed E-state index contributed by atoms with van der Waals surface area (Å²) in [5.74, 6) is -4.34. The van der Waals surface area contributed by atoms with Crippen molar-refractivity contribution in [1.82, 2.24) is 25.9 Å². The second kappa shape index (κ2) is 15.2. The van der Waals surface area contributed by atoms with E-state index in [9.17, 15) is 28.8 Å². The van der Waals surface area contributed by atoms with E-state index in [1.807, 2.05) is 0 Å². The maximum atomic E-state index is 12.3. The fraction of sp³-hybridized carbons (Fsp3) is 0.333. The van der Waals surface area contributed by atoms with Gasteiger partial charge in [-0.3, -0.25) is 28.8 Å². The molecule has 0 aliphatic carbocycles. The molecule has 0 bridgehead atoms. The fourth-order valence-electron chi connectivity index (χ4n) is 3.25. The maximum absolute atomic E-state index is 12.3. The Hall–Kier alpha value is -5.28. The number of aliphatic carboxylic acids is 1. The van der Waals surface area contributed by atoms with E-state index >= 15 is 0 Å². The number of nitrogen functional groups attached to an aromatic ring is 1. The van der Waals surface area contributed by atoms with E-state index < -0.39 is 42.2 Å². The molecule has 1 heterocycles. The summed E-state index contributed by atoms with van der Waals surface area (Å²) >= 11 is 0. The summed E-state index contributed by atoms with van der Waals surface area (Å²) in [5.41, 5.74) is 17.3. The van der Waals surface area contributed by atoms with Crippen molar-refractivity contribution < 1.29 is 33.9 Å². The van der Waals surface area contributed by atoms with Gasteiger partial charge in [-0.05, 0) is 37.1 Å². The molecular formula is C24H31N9O7. The highest BCUT2D eigenvalue weighted by Gasteiger charge is 2.19. The quantitative estimate of drug-likeness (QED) is 0.107. The molecule has 2 aromatic rings. The molecule has 0 saturated heterocycles. The van der Waals surface area contributed by atoms with Crippen LogP contribution in [0.4, 0.5) is 11.5 Å². The van der Waals surface area contributed by atoms with Gasteiger partial charge >= 0.3 is 5.97 Å². The summed E-state index contributed by atoms with van der Waals surface area (Å²) in [6, 6.07) is 5.40. The number of hydrogen-bond acceptors (Lipinski definition) is 10. The van der Waals surface area contributed by atoms with Crippen LogP contribution in [0, 0.1) is 0 Å². The average molecular weight is 558 g/mol.